The van der Waals surface area contributed by atoms with Crippen LogP contribution < -0.4 is 9.47 Å². The number of hydrogen-bond acceptors (Lipinski definition) is 3. The third kappa shape index (κ3) is 3.74. The Kier molecular flexibility index (Phi) is 5.20. The van der Waals surface area contributed by atoms with E-state index < -0.39 is 5.82 Å². The van der Waals surface area contributed by atoms with Gasteiger partial charge in [-0.2, -0.15) is 0 Å². The SMILES string of the molecule is COc1ccc(COc2c(C)cc(Br)cc2CO)cc1F. The molecule has 0 bridgehead atoms. The largest absolute Gasteiger partial charge is 0.494 e. The summed E-state index contributed by atoms with van der Waals surface area (Å²) in [6.45, 7) is 2.00. The van der Waals surface area contributed by atoms with E-state index in [2.05, 4.69) is 15.9 Å². The molecule has 0 saturated carbocycles. The maximum Gasteiger partial charge on any atom is 0.165 e. The Labute approximate surface area is 131 Å². The van der Waals surface area contributed by atoms with Gasteiger partial charge >= 0.3 is 0 Å². The summed E-state index contributed by atoms with van der Waals surface area (Å²) in [6.07, 6.45) is 0. The lowest BCUT2D eigenvalue weighted by molar-refractivity contribution is 0.257. The van der Waals surface area contributed by atoms with E-state index in [1.54, 1.807) is 18.2 Å². The first kappa shape index (κ1) is 15.8. The highest BCUT2D eigenvalue weighted by atomic mass is 79.9. The summed E-state index contributed by atoms with van der Waals surface area (Å²) in [7, 11) is 1.42. The van der Waals surface area contributed by atoms with Gasteiger partial charge in [0, 0.05) is 10.0 Å². The minimum absolute atomic E-state index is 0.118. The first-order chi connectivity index (χ1) is 10.0. The van der Waals surface area contributed by atoms with Gasteiger partial charge in [0.05, 0.1) is 13.7 Å². The van der Waals surface area contributed by atoms with Crippen LogP contribution in [0.1, 0.15) is 16.7 Å². The van der Waals surface area contributed by atoms with Gasteiger partial charge in [0.15, 0.2) is 11.6 Å². The fraction of sp³-hybridized carbons (Fsp3) is 0.250. The molecule has 0 atom stereocenters. The van der Waals surface area contributed by atoms with Crippen molar-refractivity contribution in [2.24, 2.45) is 0 Å². The van der Waals surface area contributed by atoms with Crippen molar-refractivity contribution in [2.45, 2.75) is 20.1 Å². The van der Waals surface area contributed by atoms with Gasteiger partial charge in [-0.25, -0.2) is 4.39 Å². The Morgan fingerprint density at radius 2 is 2.00 bits per heavy atom. The predicted molar refractivity (Wildman–Crippen MR) is 82.1 cm³/mol. The average molecular weight is 355 g/mol. The van der Waals surface area contributed by atoms with Crippen molar-refractivity contribution < 1.29 is 19.0 Å². The molecule has 0 aliphatic rings. The van der Waals surface area contributed by atoms with Gasteiger partial charge in [0.1, 0.15) is 12.4 Å². The van der Waals surface area contributed by atoms with Crippen molar-refractivity contribution >= 4 is 15.9 Å². The third-order valence-corrected chi connectivity index (χ3v) is 3.54. The van der Waals surface area contributed by atoms with Crippen LogP contribution in [0.2, 0.25) is 0 Å². The summed E-state index contributed by atoms with van der Waals surface area (Å²) in [5.74, 6) is 0.403. The van der Waals surface area contributed by atoms with Gasteiger partial charge in [-0.15, -0.1) is 0 Å². The molecule has 0 saturated heterocycles. The molecule has 0 heterocycles. The summed E-state index contributed by atoms with van der Waals surface area (Å²) in [6, 6.07) is 8.40. The van der Waals surface area contributed by atoms with E-state index >= 15 is 0 Å². The number of aryl methyl sites for hydroxylation is 1. The number of benzene rings is 2. The van der Waals surface area contributed by atoms with Gasteiger partial charge in [-0.3, -0.25) is 0 Å². The summed E-state index contributed by atoms with van der Waals surface area (Å²) in [5, 5.41) is 9.40. The highest BCUT2D eigenvalue weighted by Gasteiger charge is 2.10. The lowest BCUT2D eigenvalue weighted by atomic mass is 10.1. The number of rotatable bonds is 5. The van der Waals surface area contributed by atoms with Gasteiger partial charge < -0.3 is 14.6 Å². The summed E-state index contributed by atoms with van der Waals surface area (Å²) < 4.78 is 25.1. The standard InChI is InChI=1S/C16H16BrFO3/c1-10-5-13(17)7-12(8-19)16(10)21-9-11-3-4-15(20-2)14(18)6-11/h3-7,19H,8-9H2,1-2H3. The molecule has 2 aromatic carbocycles. The second-order valence-corrected chi connectivity index (χ2v) is 5.54. The molecule has 0 aromatic heterocycles. The molecule has 0 aliphatic carbocycles. The summed E-state index contributed by atoms with van der Waals surface area (Å²) in [5.41, 5.74) is 2.29. The lowest BCUT2D eigenvalue weighted by Gasteiger charge is -2.14. The molecule has 21 heavy (non-hydrogen) atoms. The zero-order valence-corrected chi connectivity index (χ0v) is 13.4. The molecular weight excluding hydrogens is 339 g/mol. The van der Waals surface area contributed by atoms with Crippen molar-refractivity contribution in [3.05, 3.63) is 57.3 Å². The number of aliphatic hydroxyl groups is 1. The molecule has 3 nitrogen and oxygen atoms in total. The van der Waals surface area contributed by atoms with Crippen LogP contribution in [0.25, 0.3) is 0 Å². The zero-order valence-electron chi connectivity index (χ0n) is 11.8. The maximum atomic E-state index is 13.6. The second kappa shape index (κ2) is 6.91. The van der Waals surface area contributed by atoms with Gasteiger partial charge in [0.25, 0.3) is 0 Å². The second-order valence-electron chi connectivity index (χ2n) is 4.63. The summed E-state index contributed by atoms with van der Waals surface area (Å²) >= 11 is 3.38. The van der Waals surface area contributed by atoms with Crippen LogP contribution in [-0.4, -0.2) is 12.2 Å². The van der Waals surface area contributed by atoms with Crippen LogP contribution >= 0.6 is 15.9 Å². The number of halogens is 2. The molecule has 0 amide bonds. The Bertz CT molecular complexity index is 644. The molecule has 1 N–H and O–H groups in total. The molecule has 2 rings (SSSR count). The highest BCUT2D eigenvalue weighted by molar-refractivity contribution is 9.10. The van der Waals surface area contributed by atoms with Crippen LogP contribution in [0.4, 0.5) is 4.39 Å². The number of methoxy groups -OCH3 is 1. The van der Waals surface area contributed by atoms with Crippen LogP contribution in [-0.2, 0) is 13.2 Å². The van der Waals surface area contributed by atoms with Gasteiger partial charge in [-0.05, 0) is 42.3 Å². The van der Waals surface area contributed by atoms with E-state index in [4.69, 9.17) is 9.47 Å². The molecule has 0 aliphatic heterocycles. The van der Waals surface area contributed by atoms with Crippen molar-refractivity contribution in [3.8, 4) is 11.5 Å². The lowest BCUT2D eigenvalue weighted by Crippen LogP contribution is -2.02. The monoisotopic (exact) mass is 354 g/mol. The molecule has 0 fully saturated rings. The van der Waals surface area contributed by atoms with Crippen LogP contribution in [0.3, 0.4) is 0 Å². The Morgan fingerprint density at radius 1 is 1.24 bits per heavy atom. The zero-order chi connectivity index (χ0) is 15.4. The average Bonchev–Trinajstić information content (AvgIpc) is 2.45. The van der Waals surface area contributed by atoms with Crippen LogP contribution in [0.5, 0.6) is 11.5 Å². The van der Waals surface area contributed by atoms with Gasteiger partial charge in [-0.1, -0.05) is 22.0 Å². The van der Waals surface area contributed by atoms with E-state index in [1.807, 2.05) is 13.0 Å². The fourth-order valence-electron chi connectivity index (χ4n) is 2.08. The fourth-order valence-corrected chi connectivity index (χ4v) is 2.70. The van der Waals surface area contributed by atoms with Crippen molar-refractivity contribution in [1.82, 2.24) is 0 Å². The van der Waals surface area contributed by atoms with Crippen LogP contribution in [0, 0.1) is 12.7 Å². The van der Waals surface area contributed by atoms with Crippen molar-refractivity contribution in [3.63, 3.8) is 0 Å². The molecule has 0 spiro atoms. The van der Waals surface area contributed by atoms with E-state index in [-0.39, 0.29) is 19.0 Å². The molecule has 0 unspecified atom stereocenters. The van der Waals surface area contributed by atoms with Gasteiger partial charge in [0.2, 0.25) is 0 Å². The number of ether oxygens (including phenoxy) is 2. The first-order valence-corrected chi connectivity index (χ1v) is 7.19. The Hall–Kier alpha value is -1.59. The molecule has 112 valence electrons. The minimum atomic E-state index is -0.423. The number of aliphatic hydroxyl groups excluding tert-OH is 1. The minimum Gasteiger partial charge on any atom is -0.494 e. The highest BCUT2D eigenvalue weighted by Crippen LogP contribution is 2.29. The van der Waals surface area contributed by atoms with E-state index in [9.17, 15) is 9.50 Å². The van der Waals surface area contributed by atoms with E-state index in [0.717, 1.165) is 10.0 Å². The predicted octanol–water partition coefficient (Wildman–Crippen LogP) is 3.98. The maximum absolute atomic E-state index is 13.6. The smallest absolute Gasteiger partial charge is 0.165 e. The van der Waals surface area contributed by atoms with E-state index in [1.165, 1.54) is 13.2 Å². The number of hydrogen-bond donors (Lipinski definition) is 1. The quantitative estimate of drug-likeness (QED) is 0.882. The van der Waals surface area contributed by atoms with Crippen molar-refractivity contribution in [1.29, 1.82) is 0 Å². The third-order valence-electron chi connectivity index (χ3n) is 3.09. The normalized spacial score (nSPS) is 10.5. The molecular formula is C16H16BrFO3. The van der Waals surface area contributed by atoms with Crippen molar-refractivity contribution in [2.75, 3.05) is 7.11 Å². The molecule has 2 aromatic rings. The van der Waals surface area contributed by atoms with Crippen LogP contribution in [0.15, 0.2) is 34.8 Å². The molecule has 5 heteroatoms. The van der Waals surface area contributed by atoms with E-state index in [0.29, 0.717) is 16.9 Å². The summed E-state index contributed by atoms with van der Waals surface area (Å²) in [4.78, 5) is 0. The molecule has 0 radical (unpaired) electrons. The Balaban J connectivity index is 2.18. The topological polar surface area (TPSA) is 38.7 Å². The Morgan fingerprint density at radius 3 is 2.62 bits per heavy atom. The first-order valence-electron chi connectivity index (χ1n) is 6.40.